The van der Waals surface area contributed by atoms with Gasteiger partial charge in [0.05, 0.1) is 0 Å². The van der Waals surface area contributed by atoms with Gasteiger partial charge in [-0.3, -0.25) is 4.79 Å². The number of piperidine rings is 1. The number of carbonyl (C=O) groups excluding carboxylic acids is 1. The fourth-order valence-electron chi connectivity index (χ4n) is 1.34. The molecule has 1 heterocycles. The van der Waals surface area contributed by atoms with Crippen molar-refractivity contribution in [1.82, 2.24) is 4.90 Å². The molecule has 0 bridgehead atoms. The lowest BCUT2D eigenvalue weighted by molar-refractivity contribution is -0.127. The van der Waals surface area contributed by atoms with E-state index in [9.17, 15) is 4.79 Å². The zero-order valence-electron chi connectivity index (χ0n) is 7.05. The predicted molar refractivity (Wildman–Crippen MR) is 45.2 cm³/mol. The maximum absolute atomic E-state index is 11.3. The van der Waals surface area contributed by atoms with Crippen molar-refractivity contribution < 1.29 is 4.79 Å². The van der Waals surface area contributed by atoms with Gasteiger partial charge in [-0.25, -0.2) is 0 Å². The van der Waals surface area contributed by atoms with Gasteiger partial charge in [-0.05, 0) is 19.3 Å². The van der Waals surface area contributed by atoms with Gasteiger partial charge in [-0.15, -0.1) is 0 Å². The van der Waals surface area contributed by atoms with Crippen molar-refractivity contribution in [1.29, 1.82) is 5.26 Å². The first-order chi connectivity index (χ1) is 5.75. The molecule has 64 valence electrons. The van der Waals surface area contributed by atoms with E-state index in [1.807, 2.05) is 0 Å². The monoisotopic (exact) mass is 164 g/mol. The first-order valence-electron chi connectivity index (χ1n) is 4.14. The Morgan fingerprint density at radius 3 is 2.42 bits per heavy atom. The summed E-state index contributed by atoms with van der Waals surface area (Å²) in [6.07, 6.45) is 3.28. The number of likely N-dealkylation sites (tertiary alicyclic amines) is 1. The van der Waals surface area contributed by atoms with Gasteiger partial charge in [0.1, 0.15) is 11.6 Å². The lowest BCUT2D eigenvalue weighted by Crippen LogP contribution is -2.36. The Morgan fingerprint density at radius 1 is 1.33 bits per heavy atom. The van der Waals surface area contributed by atoms with Crippen molar-refractivity contribution in [3.8, 4) is 6.07 Å². The topological polar surface area (TPSA) is 44.1 Å². The number of hydrogen-bond donors (Lipinski definition) is 0. The summed E-state index contributed by atoms with van der Waals surface area (Å²) >= 11 is 0. The van der Waals surface area contributed by atoms with Crippen LogP contribution in [-0.4, -0.2) is 23.9 Å². The van der Waals surface area contributed by atoms with Gasteiger partial charge in [-0.2, -0.15) is 5.26 Å². The minimum atomic E-state index is -0.197. The van der Waals surface area contributed by atoms with E-state index in [-0.39, 0.29) is 11.5 Å². The zero-order chi connectivity index (χ0) is 8.97. The van der Waals surface area contributed by atoms with Crippen LogP contribution in [0.3, 0.4) is 0 Å². The first kappa shape index (κ1) is 8.79. The molecule has 0 aromatic rings. The molecule has 0 saturated carbocycles. The van der Waals surface area contributed by atoms with Crippen LogP contribution in [0.1, 0.15) is 19.3 Å². The fraction of sp³-hybridized carbons (Fsp3) is 0.556. The molecule has 0 unspecified atom stereocenters. The quantitative estimate of drug-likeness (QED) is 0.430. The summed E-state index contributed by atoms with van der Waals surface area (Å²) in [7, 11) is 0. The highest BCUT2D eigenvalue weighted by Crippen LogP contribution is 2.10. The van der Waals surface area contributed by atoms with E-state index < -0.39 is 0 Å². The third-order valence-electron chi connectivity index (χ3n) is 2.04. The van der Waals surface area contributed by atoms with Gasteiger partial charge in [0.25, 0.3) is 5.91 Å². The molecule has 0 spiro atoms. The number of amides is 1. The summed E-state index contributed by atoms with van der Waals surface area (Å²) < 4.78 is 0. The lowest BCUT2D eigenvalue weighted by atomic mass is 10.1. The molecule has 0 atom stereocenters. The van der Waals surface area contributed by atoms with E-state index in [4.69, 9.17) is 5.26 Å². The molecule has 0 N–H and O–H groups in total. The van der Waals surface area contributed by atoms with E-state index in [1.54, 1.807) is 11.0 Å². The third kappa shape index (κ3) is 1.85. The Labute approximate surface area is 72.3 Å². The van der Waals surface area contributed by atoms with Crippen molar-refractivity contribution in [2.45, 2.75) is 19.3 Å². The SMILES string of the molecule is C=C(C#N)C(=O)N1CCCCC1. The number of nitriles is 1. The molecule has 1 amide bonds. The van der Waals surface area contributed by atoms with Crippen molar-refractivity contribution in [3.63, 3.8) is 0 Å². The molecule has 0 radical (unpaired) electrons. The Hall–Kier alpha value is -1.30. The molecule has 0 aromatic carbocycles. The molecule has 0 aliphatic carbocycles. The van der Waals surface area contributed by atoms with Crippen LogP contribution >= 0.6 is 0 Å². The van der Waals surface area contributed by atoms with Crippen LogP contribution in [0.5, 0.6) is 0 Å². The van der Waals surface area contributed by atoms with Crippen LogP contribution in [0, 0.1) is 11.3 Å². The summed E-state index contributed by atoms with van der Waals surface area (Å²) in [6, 6.07) is 1.78. The number of nitrogens with zero attached hydrogens (tertiary/aromatic N) is 2. The van der Waals surface area contributed by atoms with Gasteiger partial charge in [0.15, 0.2) is 0 Å². The predicted octanol–water partition coefficient (Wildman–Crippen LogP) is 1.08. The third-order valence-corrected chi connectivity index (χ3v) is 2.04. The lowest BCUT2D eigenvalue weighted by Gasteiger charge is -2.25. The maximum Gasteiger partial charge on any atom is 0.263 e. The van der Waals surface area contributed by atoms with Gasteiger partial charge < -0.3 is 4.90 Å². The second-order valence-electron chi connectivity index (χ2n) is 2.94. The molecule has 1 fully saturated rings. The second-order valence-corrected chi connectivity index (χ2v) is 2.94. The first-order valence-corrected chi connectivity index (χ1v) is 4.14. The molecule has 1 rings (SSSR count). The second kappa shape index (κ2) is 3.91. The van der Waals surface area contributed by atoms with Gasteiger partial charge in [0.2, 0.25) is 0 Å². The van der Waals surface area contributed by atoms with Crippen molar-refractivity contribution >= 4 is 5.91 Å². The van der Waals surface area contributed by atoms with Gasteiger partial charge >= 0.3 is 0 Å². The molecule has 12 heavy (non-hydrogen) atoms. The van der Waals surface area contributed by atoms with E-state index in [0.29, 0.717) is 0 Å². The molecular formula is C9H12N2O. The molecule has 1 aliphatic rings. The van der Waals surface area contributed by atoms with E-state index in [2.05, 4.69) is 6.58 Å². The summed E-state index contributed by atoms with van der Waals surface area (Å²) in [5.41, 5.74) is 0.0527. The molecule has 3 heteroatoms. The normalized spacial score (nSPS) is 16.8. The Bertz CT molecular complexity index is 233. The highest BCUT2D eigenvalue weighted by molar-refractivity contribution is 5.96. The van der Waals surface area contributed by atoms with Crippen LogP contribution in [0.15, 0.2) is 12.2 Å². The Kier molecular flexibility index (Phi) is 2.87. The minimum absolute atomic E-state index is 0.0527. The summed E-state index contributed by atoms with van der Waals surface area (Å²) in [6.45, 7) is 4.95. The largest absolute Gasteiger partial charge is 0.338 e. The number of carbonyl (C=O) groups is 1. The average Bonchev–Trinajstić information content (AvgIpc) is 2.17. The number of rotatable bonds is 1. The van der Waals surface area contributed by atoms with Crippen LogP contribution in [0.4, 0.5) is 0 Å². The van der Waals surface area contributed by atoms with Gasteiger partial charge in [-0.1, -0.05) is 6.58 Å². The van der Waals surface area contributed by atoms with Crippen LogP contribution in [0.25, 0.3) is 0 Å². The van der Waals surface area contributed by atoms with Crippen molar-refractivity contribution in [3.05, 3.63) is 12.2 Å². The molecule has 3 nitrogen and oxygen atoms in total. The summed E-state index contributed by atoms with van der Waals surface area (Å²) in [5.74, 6) is -0.197. The van der Waals surface area contributed by atoms with E-state index in [0.717, 1.165) is 25.9 Å². The molecule has 1 aliphatic heterocycles. The maximum atomic E-state index is 11.3. The summed E-state index contributed by atoms with van der Waals surface area (Å²) in [4.78, 5) is 13.0. The van der Waals surface area contributed by atoms with E-state index >= 15 is 0 Å². The van der Waals surface area contributed by atoms with Crippen LogP contribution in [0.2, 0.25) is 0 Å². The minimum Gasteiger partial charge on any atom is -0.338 e. The standard InChI is InChI=1S/C9H12N2O/c1-8(7-10)9(12)11-5-3-2-4-6-11/h1-6H2. The van der Waals surface area contributed by atoms with Crippen molar-refractivity contribution in [2.75, 3.05) is 13.1 Å². The fourth-order valence-corrected chi connectivity index (χ4v) is 1.34. The molecule has 0 aromatic heterocycles. The number of hydrogen-bond acceptors (Lipinski definition) is 2. The van der Waals surface area contributed by atoms with Crippen LogP contribution < -0.4 is 0 Å². The summed E-state index contributed by atoms with van der Waals surface area (Å²) in [5, 5.41) is 8.44. The molecule has 1 saturated heterocycles. The zero-order valence-corrected chi connectivity index (χ0v) is 7.05. The smallest absolute Gasteiger partial charge is 0.263 e. The van der Waals surface area contributed by atoms with Crippen LogP contribution in [-0.2, 0) is 4.79 Å². The van der Waals surface area contributed by atoms with E-state index in [1.165, 1.54) is 6.42 Å². The molecular weight excluding hydrogens is 152 g/mol. The Morgan fingerprint density at radius 2 is 1.92 bits per heavy atom. The highest BCUT2D eigenvalue weighted by Gasteiger charge is 2.18. The highest BCUT2D eigenvalue weighted by atomic mass is 16.2. The van der Waals surface area contributed by atoms with Crippen molar-refractivity contribution in [2.24, 2.45) is 0 Å². The van der Waals surface area contributed by atoms with Gasteiger partial charge in [0, 0.05) is 13.1 Å². The Balaban J connectivity index is 2.52. The average molecular weight is 164 g/mol.